The zero-order valence-electron chi connectivity index (χ0n) is 17.0. The summed E-state index contributed by atoms with van der Waals surface area (Å²) < 4.78 is 28.6. The zero-order chi connectivity index (χ0) is 22.3. The Hall–Kier alpha value is -2.71. The van der Waals surface area contributed by atoms with E-state index in [1.165, 1.54) is 0 Å². The molecule has 0 saturated carbocycles. The number of aliphatic hydroxyl groups excluding tert-OH is 1. The molecule has 0 bridgehead atoms. The molecule has 1 aromatic carbocycles. The van der Waals surface area contributed by atoms with Crippen LogP contribution in [-0.4, -0.2) is 69.8 Å². The van der Waals surface area contributed by atoms with Crippen LogP contribution in [0.15, 0.2) is 21.7 Å². The summed E-state index contributed by atoms with van der Waals surface area (Å²) >= 11 is 0. The van der Waals surface area contributed by atoms with Gasteiger partial charge in [0.1, 0.15) is 6.23 Å². The van der Waals surface area contributed by atoms with Gasteiger partial charge in [0, 0.05) is 26.2 Å². The first-order valence-corrected chi connectivity index (χ1v) is 11.2. The van der Waals surface area contributed by atoms with Crippen molar-refractivity contribution in [2.75, 3.05) is 26.2 Å². The van der Waals surface area contributed by atoms with E-state index in [1.54, 1.807) is 4.57 Å². The fourth-order valence-corrected chi connectivity index (χ4v) is 4.83. The summed E-state index contributed by atoms with van der Waals surface area (Å²) in [6, 6.07) is 3.81. The number of hydrogen-bond acceptors (Lipinski definition) is 8. The van der Waals surface area contributed by atoms with Crippen LogP contribution in [0.2, 0.25) is 0 Å². The maximum Gasteiger partial charge on any atom is 0.349 e. The van der Waals surface area contributed by atoms with Crippen LogP contribution in [0.25, 0.3) is 22.6 Å². The van der Waals surface area contributed by atoms with E-state index in [4.69, 9.17) is 0 Å². The second kappa shape index (κ2) is 8.09. The normalized spacial score (nSPS) is 18.9. The van der Waals surface area contributed by atoms with Gasteiger partial charge >= 0.3 is 5.69 Å². The summed E-state index contributed by atoms with van der Waals surface area (Å²) in [5.74, 6) is 0.188. The highest BCUT2D eigenvalue weighted by Crippen LogP contribution is 2.23. The third-order valence-corrected chi connectivity index (χ3v) is 6.91. The maximum absolute atomic E-state index is 12.3. The lowest BCUT2D eigenvalue weighted by molar-refractivity contribution is 0.0849. The number of nitrogens with one attached hydrogen (secondary N) is 3. The molecule has 31 heavy (non-hydrogen) atoms. The molecule has 1 atom stereocenters. The lowest BCUT2D eigenvalue weighted by Gasteiger charge is -2.19. The number of fused-ring (bicyclic) bond motifs is 2. The molecule has 0 aromatic heterocycles. The van der Waals surface area contributed by atoms with Crippen molar-refractivity contribution in [1.82, 2.24) is 33.9 Å². The lowest BCUT2D eigenvalue weighted by atomic mass is 10.1. The maximum atomic E-state index is 12.3. The summed E-state index contributed by atoms with van der Waals surface area (Å²) in [7, 11) is -3.65. The van der Waals surface area contributed by atoms with E-state index in [1.807, 2.05) is 26.0 Å². The second-order valence-corrected chi connectivity index (χ2v) is 9.13. The Morgan fingerprint density at radius 3 is 2.58 bits per heavy atom. The SMILES string of the molecule is Cc1cc2nc3c(=O)[nH]c(=O)nc-3n(CCNCCN3C(O)CNS3(=O)=O)c2cc1C. The molecular weight excluding hydrogens is 426 g/mol. The van der Waals surface area contributed by atoms with Crippen LogP contribution in [0.3, 0.4) is 0 Å². The first kappa shape index (κ1) is 21.5. The van der Waals surface area contributed by atoms with Crippen molar-refractivity contribution < 1.29 is 13.5 Å². The van der Waals surface area contributed by atoms with Crippen molar-refractivity contribution in [3.05, 3.63) is 44.1 Å². The number of aliphatic hydroxyl groups is 1. The van der Waals surface area contributed by atoms with Crippen molar-refractivity contribution in [2.24, 2.45) is 0 Å². The molecule has 1 unspecified atom stereocenters. The van der Waals surface area contributed by atoms with Gasteiger partial charge in [0.25, 0.3) is 15.8 Å². The Morgan fingerprint density at radius 1 is 1.16 bits per heavy atom. The van der Waals surface area contributed by atoms with Crippen LogP contribution in [0.4, 0.5) is 0 Å². The van der Waals surface area contributed by atoms with Gasteiger partial charge in [0.2, 0.25) is 0 Å². The predicted molar refractivity (Wildman–Crippen MR) is 113 cm³/mol. The molecule has 12 nitrogen and oxygen atoms in total. The third kappa shape index (κ3) is 4.09. The molecule has 0 radical (unpaired) electrons. The summed E-state index contributed by atoms with van der Waals surface area (Å²) in [4.78, 5) is 34.6. The summed E-state index contributed by atoms with van der Waals surface area (Å²) in [5, 5.41) is 12.9. The summed E-state index contributed by atoms with van der Waals surface area (Å²) in [6.07, 6.45) is -1.09. The third-order valence-electron chi connectivity index (χ3n) is 5.34. The highest BCUT2D eigenvalue weighted by atomic mass is 32.2. The van der Waals surface area contributed by atoms with E-state index in [2.05, 4.69) is 25.0 Å². The van der Waals surface area contributed by atoms with Crippen LogP contribution < -0.4 is 21.3 Å². The fourth-order valence-electron chi connectivity index (χ4n) is 3.58. The van der Waals surface area contributed by atoms with E-state index >= 15 is 0 Å². The number of aromatic amines is 1. The molecule has 1 aromatic rings. The first-order valence-electron chi connectivity index (χ1n) is 9.74. The lowest BCUT2D eigenvalue weighted by Crippen LogP contribution is -2.40. The number of rotatable bonds is 6. The van der Waals surface area contributed by atoms with Gasteiger partial charge in [-0.15, -0.1) is 0 Å². The molecule has 166 valence electrons. The number of β-amino-alcohol motifs (C(OH)–C–C–N with tert-alkyl or cyclic N) is 1. The van der Waals surface area contributed by atoms with Gasteiger partial charge in [-0.3, -0.25) is 9.78 Å². The van der Waals surface area contributed by atoms with Crippen molar-refractivity contribution in [2.45, 2.75) is 26.6 Å². The molecule has 3 aliphatic rings. The Kier molecular flexibility index (Phi) is 5.61. The average Bonchev–Trinajstić information content (AvgIpc) is 2.95. The molecule has 4 N–H and O–H groups in total. The minimum absolute atomic E-state index is 0.0380. The molecule has 13 heteroatoms. The predicted octanol–water partition coefficient (Wildman–Crippen LogP) is -1.74. The largest absolute Gasteiger partial charge is 0.376 e. The van der Waals surface area contributed by atoms with E-state index < -0.39 is 27.7 Å². The Bertz CT molecular complexity index is 1330. The van der Waals surface area contributed by atoms with Crippen molar-refractivity contribution >= 4 is 21.2 Å². The van der Waals surface area contributed by atoms with E-state index in [-0.39, 0.29) is 24.6 Å². The minimum atomic E-state index is -3.65. The molecule has 3 aliphatic heterocycles. The zero-order valence-corrected chi connectivity index (χ0v) is 17.9. The van der Waals surface area contributed by atoms with Gasteiger partial charge in [0.05, 0.1) is 17.6 Å². The Morgan fingerprint density at radius 2 is 1.87 bits per heavy atom. The molecule has 0 spiro atoms. The number of H-pyrrole nitrogens is 1. The Balaban J connectivity index is 1.59. The van der Waals surface area contributed by atoms with Crippen LogP contribution in [0.5, 0.6) is 0 Å². The minimum Gasteiger partial charge on any atom is -0.376 e. The highest BCUT2D eigenvalue weighted by molar-refractivity contribution is 7.87. The summed E-state index contributed by atoms with van der Waals surface area (Å²) in [6.45, 7) is 5.04. The molecule has 4 rings (SSSR count). The van der Waals surface area contributed by atoms with Crippen LogP contribution in [0, 0.1) is 13.8 Å². The molecule has 1 fully saturated rings. The highest BCUT2D eigenvalue weighted by Gasteiger charge is 2.35. The van der Waals surface area contributed by atoms with E-state index in [0.29, 0.717) is 25.2 Å². The van der Waals surface area contributed by atoms with E-state index in [0.717, 1.165) is 20.9 Å². The topological polar surface area (TPSA) is 162 Å². The van der Waals surface area contributed by atoms with Crippen LogP contribution >= 0.6 is 0 Å². The first-order chi connectivity index (χ1) is 14.7. The molecule has 0 aliphatic carbocycles. The van der Waals surface area contributed by atoms with Crippen molar-refractivity contribution in [3.8, 4) is 11.5 Å². The standard InChI is InChI=1S/C18H23N7O5S/c1-10-7-12-13(8-11(10)2)24(16-15(21-12)17(27)23-18(28)22-16)5-3-19-4-6-25-14(26)9-20-31(25,29)30/h7-8,14,19-20,26H,3-6,9H2,1-2H3,(H,23,27,28). The Labute approximate surface area is 177 Å². The van der Waals surface area contributed by atoms with Crippen molar-refractivity contribution in [1.29, 1.82) is 0 Å². The van der Waals surface area contributed by atoms with Gasteiger partial charge in [0.15, 0.2) is 11.5 Å². The van der Waals surface area contributed by atoms with Gasteiger partial charge in [-0.05, 0) is 37.1 Å². The van der Waals surface area contributed by atoms with E-state index in [9.17, 15) is 23.1 Å². The molecular formula is C18H23N7O5S. The van der Waals surface area contributed by atoms with Crippen LogP contribution in [-0.2, 0) is 16.8 Å². The smallest absolute Gasteiger partial charge is 0.349 e. The quantitative estimate of drug-likeness (QED) is 0.255. The monoisotopic (exact) mass is 449 g/mol. The number of benzene rings is 1. The van der Waals surface area contributed by atoms with Crippen molar-refractivity contribution in [3.63, 3.8) is 0 Å². The van der Waals surface area contributed by atoms with Gasteiger partial charge in [-0.1, -0.05) is 0 Å². The molecule has 0 amide bonds. The van der Waals surface area contributed by atoms with Gasteiger partial charge in [-0.25, -0.2) is 9.78 Å². The van der Waals surface area contributed by atoms with Gasteiger partial charge < -0.3 is 15.0 Å². The molecule has 1 saturated heterocycles. The van der Waals surface area contributed by atoms with Gasteiger partial charge in [-0.2, -0.15) is 22.4 Å². The number of hydrogen-bond donors (Lipinski definition) is 4. The number of aromatic nitrogens is 4. The average molecular weight is 449 g/mol. The number of nitrogens with zero attached hydrogens (tertiary/aromatic N) is 4. The molecule has 3 heterocycles. The van der Waals surface area contributed by atoms with Crippen LogP contribution in [0.1, 0.15) is 11.1 Å². The fraction of sp³-hybridized carbons (Fsp3) is 0.444. The number of aryl methyl sites for hydroxylation is 2. The second-order valence-electron chi connectivity index (χ2n) is 7.43. The summed E-state index contributed by atoms with van der Waals surface area (Å²) in [5.41, 5.74) is 2.13.